The summed E-state index contributed by atoms with van der Waals surface area (Å²) in [4.78, 5) is 8.24. The number of nitrogens with one attached hydrogen (secondary N) is 1. The first-order chi connectivity index (χ1) is 7.15. The van der Waals surface area contributed by atoms with Gasteiger partial charge in [-0.1, -0.05) is 0 Å². The molecular formula is C9H10BrN5. The van der Waals surface area contributed by atoms with Crippen molar-refractivity contribution in [3.8, 4) is 0 Å². The minimum Gasteiger partial charge on any atom is -0.321 e. The zero-order valence-electron chi connectivity index (χ0n) is 8.40. The minimum atomic E-state index is 0.564. The number of anilines is 2. The second-order valence-electron chi connectivity index (χ2n) is 3.15. The van der Waals surface area contributed by atoms with Crippen LogP contribution in [-0.4, -0.2) is 19.7 Å². The van der Waals surface area contributed by atoms with E-state index in [-0.39, 0.29) is 0 Å². The van der Waals surface area contributed by atoms with Gasteiger partial charge in [0.1, 0.15) is 0 Å². The summed E-state index contributed by atoms with van der Waals surface area (Å²) < 4.78 is 2.60. The van der Waals surface area contributed by atoms with Gasteiger partial charge in [-0.05, 0) is 22.9 Å². The van der Waals surface area contributed by atoms with Crippen LogP contribution < -0.4 is 5.32 Å². The quantitative estimate of drug-likeness (QED) is 0.905. The Kier molecular flexibility index (Phi) is 2.68. The van der Waals surface area contributed by atoms with Crippen molar-refractivity contribution < 1.29 is 0 Å². The van der Waals surface area contributed by atoms with Crippen molar-refractivity contribution in [3.05, 3.63) is 28.8 Å². The fourth-order valence-corrected chi connectivity index (χ4v) is 1.42. The van der Waals surface area contributed by atoms with Gasteiger partial charge in [0.2, 0.25) is 5.95 Å². The zero-order chi connectivity index (χ0) is 10.8. The zero-order valence-corrected chi connectivity index (χ0v) is 9.98. The molecule has 5 nitrogen and oxygen atoms in total. The Bertz CT molecular complexity index is 462. The molecule has 15 heavy (non-hydrogen) atoms. The molecule has 78 valence electrons. The van der Waals surface area contributed by atoms with E-state index in [1.54, 1.807) is 17.1 Å². The molecule has 2 aromatic heterocycles. The van der Waals surface area contributed by atoms with Crippen LogP contribution in [-0.2, 0) is 7.05 Å². The molecule has 0 radical (unpaired) electrons. The molecule has 0 unspecified atom stereocenters. The summed E-state index contributed by atoms with van der Waals surface area (Å²) in [6, 6.07) is 0. The van der Waals surface area contributed by atoms with E-state index < -0.39 is 0 Å². The summed E-state index contributed by atoms with van der Waals surface area (Å²) in [7, 11) is 1.88. The Morgan fingerprint density at radius 3 is 2.53 bits per heavy atom. The molecule has 2 aromatic rings. The van der Waals surface area contributed by atoms with Crippen molar-refractivity contribution in [1.82, 2.24) is 19.7 Å². The molecule has 0 amide bonds. The van der Waals surface area contributed by atoms with Crippen molar-refractivity contribution in [2.75, 3.05) is 5.32 Å². The van der Waals surface area contributed by atoms with Gasteiger partial charge >= 0.3 is 0 Å². The lowest BCUT2D eigenvalue weighted by molar-refractivity contribution is 0.756. The fraction of sp³-hybridized carbons (Fsp3) is 0.222. The van der Waals surface area contributed by atoms with E-state index in [4.69, 9.17) is 0 Å². The normalized spacial score (nSPS) is 10.3. The maximum Gasteiger partial charge on any atom is 0.227 e. The maximum atomic E-state index is 4.21. The number of hydrogen-bond donors (Lipinski definition) is 1. The van der Waals surface area contributed by atoms with E-state index in [9.17, 15) is 0 Å². The molecule has 0 bridgehead atoms. The van der Waals surface area contributed by atoms with Crippen LogP contribution in [0.5, 0.6) is 0 Å². The summed E-state index contributed by atoms with van der Waals surface area (Å²) in [6.45, 7) is 1.93. The molecule has 0 saturated carbocycles. The van der Waals surface area contributed by atoms with Gasteiger partial charge in [0.25, 0.3) is 0 Å². The predicted molar refractivity (Wildman–Crippen MR) is 61.0 cm³/mol. The number of rotatable bonds is 2. The molecule has 0 atom stereocenters. The van der Waals surface area contributed by atoms with E-state index in [1.807, 2.05) is 20.2 Å². The molecule has 0 aromatic carbocycles. The summed E-state index contributed by atoms with van der Waals surface area (Å²) in [6.07, 6.45) is 5.28. The fourth-order valence-electron chi connectivity index (χ4n) is 1.22. The van der Waals surface area contributed by atoms with Crippen molar-refractivity contribution in [2.24, 2.45) is 7.05 Å². The van der Waals surface area contributed by atoms with Gasteiger partial charge in [-0.2, -0.15) is 5.10 Å². The maximum absolute atomic E-state index is 4.21. The number of halogens is 1. The highest BCUT2D eigenvalue weighted by Gasteiger charge is 2.04. The molecule has 6 heteroatoms. The van der Waals surface area contributed by atoms with Crippen LogP contribution in [0.25, 0.3) is 0 Å². The van der Waals surface area contributed by atoms with Crippen LogP contribution in [0.3, 0.4) is 0 Å². The Labute approximate surface area is 95.7 Å². The van der Waals surface area contributed by atoms with Crippen molar-refractivity contribution in [2.45, 2.75) is 6.92 Å². The Morgan fingerprint density at radius 1 is 1.33 bits per heavy atom. The van der Waals surface area contributed by atoms with Crippen LogP contribution in [0.2, 0.25) is 0 Å². The van der Waals surface area contributed by atoms with Gasteiger partial charge in [-0.15, -0.1) is 0 Å². The minimum absolute atomic E-state index is 0.564. The van der Waals surface area contributed by atoms with Gasteiger partial charge in [0.15, 0.2) is 0 Å². The van der Waals surface area contributed by atoms with Gasteiger partial charge in [0.05, 0.1) is 15.9 Å². The first-order valence-corrected chi connectivity index (χ1v) is 5.19. The molecular weight excluding hydrogens is 258 g/mol. The van der Waals surface area contributed by atoms with E-state index >= 15 is 0 Å². The van der Waals surface area contributed by atoms with E-state index in [2.05, 4.69) is 36.3 Å². The van der Waals surface area contributed by atoms with E-state index in [0.717, 1.165) is 15.9 Å². The molecule has 0 aliphatic heterocycles. The topological polar surface area (TPSA) is 55.6 Å². The van der Waals surface area contributed by atoms with Gasteiger partial charge in [-0.25, -0.2) is 9.97 Å². The third kappa shape index (κ3) is 2.33. The highest BCUT2D eigenvalue weighted by atomic mass is 79.9. The molecule has 0 aliphatic carbocycles. The SMILES string of the molecule is Cc1nn(C)cc1Nc1ncc(Br)cn1. The molecule has 0 spiro atoms. The smallest absolute Gasteiger partial charge is 0.227 e. The molecule has 1 N–H and O–H groups in total. The number of aromatic nitrogens is 4. The van der Waals surface area contributed by atoms with Crippen LogP contribution in [0.15, 0.2) is 23.1 Å². The highest BCUT2D eigenvalue weighted by molar-refractivity contribution is 9.10. The molecule has 0 saturated heterocycles. The number of aryl methyl sites for hydroxylation is 2. The highest BCUT2D eigenvalue weighted by Crippen LogP contribution is 2.16. The monoisotopic (exact) mass is 267 g/mol. The third-order valence-corrected chi connectivity index (χ3v) is 2.29. The molecule has 2 rings (SSSR count). The van der Waals surface area contributed by atoms with Crippen LogP contribution in [0, 0.1) is 6.92 Å². The average Bonchev–Trinajstić information content (AvgIpc) is 2.49. The van der Waals surface area contributed by atoms with Crippen molar-refractivity contribution >= 4 is 27.6 Å². The Morgan fingerprint density at radius 2 is 2.00 bits per heavy atom. The van der Waals surface area contributed by atoms with Gasteiger partial charge in [-0.3, -0.25) is 4.68 Å². The average molecular weight is 268 g/mol. The molecule has 2 heterocycles. The first kappa shape index (κ1) is 10.1. The predicted octanol–water partition coefficient (Wildman–Crippen LogP) is 2.02. The third-order valence-electron chi connectivity index (χ3n) is 1.88. The lowest BCUT2D eigenvalue weighted by Gasteiger charge is -2.01. The lowest BCUT2D eigenvalue weighted by atomic mass is 10.4. The summed E-state index contributed by atoms with van der Waals surface area (Å²) in [5, 5.41) is 7.31. The largest absolute Gasteiger partial charge is 0.321 e. The Hall–Kier alpha value is -1.43. The standard InChI is InChI=1S/C9H10BrN5/c1-6-8(5-15(2)14-6)13-9-11-3-7(10)4-12-9/h3-5H,1-2H3,(H,11,12,13). The van der Waals surface area contributed by atoms with Gasteiger partial charge in [0, 0.05) is 25.6 Å². The van der Waals surface area contributed by atoms with Crippen LogP contribution in [0.4, 0.5) is 11.6 Å². The Balaban J connectivity index is 2.21. The summed E-state index contributed by atoms with van der Waals surface area (Å²) in [5.74, 6) is 0.564. The van der Waals surface area contributed by atoms with Crippen LogP contribution in [0.1, 0.15) is 5.69 Å². The van der Waals surface area contributed by atoms with Crippen molar-refractivity contribution in [1.29, 1.82) is 0 Å². The van der Waals surface area contributed by atoms with Gasteiger partial charge < -0.3 is 5.32 Å². The number of hydrogen-bond acceptors (Lipinski definition) is 4. The second-order valence-corrected chi connectivity index (χ2v) is 4.07. The van der Waals surface area contributed by atoms with Crippen molar-refractivity contribution in [3.63, 3.8) is 0 Å². The molecule has 0 fully saturated rings. The van der Waals surface area contributed by atoms with E-state index in [0.29, 0.717) is 5.95 Å². The molecule has 0 aliphatic rings. The first-order valence-electron chi connectivity index (χ1n) is 4.40. The second kappa shape index (κ2) is 3.98. The lowest BCUT2D eigenvalue weighted by Crippen LogP contribution is -1.96. The van der Waals surface area contributed by atoms with E-state index in [1.165, 1.54) is 0 Å². The number of nitrogens with zero attached hydrogens (tertiary/aromatic N) is 4. The summed E-state index contributed by atoms with van der Waals surface area (Å²) in [5.41, 5.74) is 1.84. The van der Waals surface area contributed by atoms with Crippen LogP contribution >= 0.6 is 15.9 Å². The summed E-state index contributed by atoms with van der Waals surface area (Å²) >= 11 is 3.28.